The molecule has 0 unspecified atom stereocenters. The average molecular weight is 258 g/mol. The van der Waals surface area contributed by atoms with Gasteiger partial charge in [0.05, 0.1) is 0 Å². The number of carbonyl (C=O) groups excluding carboxylic acids is 1. The summed E-state index contributed by atoms with van der Waals surface area (Å²) in [5.41, 5.74) is 1.54. The van der Waals surface area contributed by atoms with Crippen molar-refractivity contribution >= 4 is 33.5 Å². The maximum absolute atomic E-state index is 12.0. The number of H-pyrrole nitrogens is 1. The number of benzene rings is 1. The van der Waals surface area contributed by atoms with Gasteiger partial charge in [-0.15, -0.1) is 0 Å². The van der Waals surface area contributed by atoms with Gasteiger partial charge in [-0.1, -0.05) is 6.07 Å². The summed E-state index contributed by atoms with van der Waals surface area (Å²) in [4.78, 5) is 19.2. The lowest BCUT2D eigenvalue weighted by Gasteiger charge is -2.01. The first-order valence-electron chi connectivity index (χ1n) is 5.41. The van der Waals surface area contributed by atoms with Crippen LogP contribution in [0.1, 0.15) is 16.2 Å². The molecule has 0 bridgehead atoms. The maximum atomic E-state index is 12.0. The van der Waals surface area contributed by atoms with Gasteiger partial charge in [0.25, 0.3) is 5.91 Å². The van der Waals surface area contributed by atoms with Gasteiger partial charge in [0.2, 0.25) is 5.13 Å². The summed E-state index contributed by atoms with van der Waals surface area (Å²) < 4.78 is 4.01. The zero-order valence-corrected chi connectivity index (χ0v) is 10.4. The van der Waals surface area contributed by atoms with Gasteiger partial charge in [-0.25, -0.2) is 4.98 Å². The van der Waals surface area contributed by atoms with Crippen LogP contribution < -0.4 is 5.32 Å². The zero-order valence-electron chi connectivity index (χ0n) is 9.60. The molecule has 2 heterocycles. The van der Waals surface area contributed by atoms with E-state index in [0.717, 1.165) is 10.9 Å². The summed E-state index contributed by atoms with van der Waals surface area (Å²) in [6.07, 6.45) is 1.85. The molecule has 0 saturated carbocycles. The summed E-state index contributed by atoms with van der Waals surface area (Å²) in [6, 6.07) is 7.48. The van der Waals surface area contributed by atoms with Crippen LogP contribution in [0.15, 0.2) is 30.5 Å². The summed E-state index contributed by atoms with van der Waals surface area (Å²) in [6.45, 7) is 1.79. The van der Waals surface area contributed by atoms with Crippen molar-refractivity contribution in [3.05, 3.63) is 41.9 Å². The monoisotopic (exact) mass is 258 g/mol. The SMILES string of the molecule is Cc1nsc(NC(=O)c2ccc3cc[nH]c3c2)n1. The lowest BCUT2D eigenvalue weighted by atomic mass is 10.1. The molecule has 18 heavy (non-hydrogen) atoms. The third-order valence-corrected chi connectivity index (χ3v) is 3.29. The molecule has 3 aromatic rings. The number of hydrogen-bond donors (Lipinski definition) is 2. The number of nitrogens with one attached hydrogen (secondary N) is 2. The van der Waals surface area contributed by atoms with Gasteiger partial charge in [0.15, 0.2) is 0 Å². The van der Waals surface area contributed by atoms with Gasteiger partial charge in [0, 0.05) is 28.8 Å². The Hall–Kier alpha value is -2.21. The Balaban J connectivity index is 1.87. The van der Waals surface area contributed by atoms with Crippen LogP contribution in [0, 0.1) is 6.92 Å². The molecule has 5 nitrogen and oxygen atoms in total. The average Bonchev–Trinajstić information content (AvgIpc) is 2.96. The van der Waals surface area contributed by atoms with Gasteiger partial charge in [-0.05, 0) is 30.5 Å². The number of fused-ring (bicyclic) bond motifs is 1. The van der Waals surface area contributed by atoms with E-state index in [-0.39, 0.29) is 5.91 Å². The molecule has 2 N–H and O–H groups in total. The minimum absolute atomic E-state index is 0.178. The first kappa shape index (κ1) is 10.9. The second-order valence-corrected chi connectivity index (χ2v) is 4.63. The molecule has 1 amide bonds. The Morgan fingerprint density at radius 2 is 2.28 bits per heavy atom. The fraction of sp³-hybridized carbons (Fsp3) is 0.0833. The van der Waals surface area contributed by atoms with E-state index in [9.17, 15) is 4.79 Å². The third kappa shape index (κ3) is 1.98. The van der Waals surface area contributed by atoms with Crippen molar-refractivity contribution in [2.75, 3.05) is 5.32 Å². The van der Waals surface area contributed by atoms with Crippen molar-refractivity contribution in [3.8, 4) is 0 Å². The summed E-state index contributed by atoms with van der Waals surface area (Å²) in [5.74, 6) is 0.484. The van der Waals surface area contributed by atoms with E-state index < -0.39 is 0 Å². The number of amides is 1. The first-order chi connectivity index (χ1) is 8.72. The fourth-order valence-corrected chi connectivity index (χ4v) is 2.28. The molecule has 0 radical (unpaired) electrons. The topological polar surface area (TPSA) is 70.7 Å². The van der Waals surface area contributed by atoms with Gasteiger partial charge < -0.3 is 4.98 Å². The lowest BCUT2D eigenvalue weighted by Crippen LogP contribution is -2.11. The van der Waals surface area contributed by atoms with E-state index in [1.54, 1.807) is 13.0 Å². The Bertz CT molecular complexity index is 716. The molecule has 3 rings (SSSR count). The number of aryl methyl sites for hydroxylation is 1. The van der Waals surface area contributed by atoms with Crippen LogP contribution >= 0.6 is 11.5 Å². The molecule has 0 spiro atoms. The lowest BCUT2D eigenvalue weighted by molar-refractivity contribution is 0.102. The molecule has 0 fully saturated rings. The zero-order chi connectivity index (χ0) is 12.5. The normalized spacial score (nSPS) is 10.7. The van der Waals surface area contributed by atoms with Crippen molar-refractivity contribution < 1.29 is 4.79 Å². The van der Waals surface area contributed by atoms with Gasteiger partial charge in [0.1, 0.15) is 5.82 Å². The molecule has 90 valence electrons. The largest absolute Gasteiger partial charge is 0.361 e. The van der Waals surface area contributed by atoms with Crippen LogP contribution in [0.25, 0.3) is 10.9 Å². The van der Waals surface area contributed by atoms with Crippen molar-refractivity contribution in [2.45, 2.75) is 6.92 Å². The molecular formula is C12H10N4OS. The van der Waals surface area contributed by atoms with Crippen molar-refractivity contribution in [1.29, 1.82) is 0 Å². The van der Waals surface area contributed by atoms with E-state index >= 15 is 0 Å². The molecule has 0 aliphatic carbocycles. The summed E-state index contributed by atoms with van der Waals surface area (Å²) >= 11 is 1.18. The predicted molar refractivity (Wildman–Crippen MR) is 70.9 cm³/mol. The van der Waals surface area contributed by atoms with Crippen LogP contribution in [-0.2, 0) is 0 Å². The Morgan fingerprint density at radius 3 is 3.06 bits per heavy atom. The minimum Gasteiger partial charge on any atom is -0.361 e. The van der Waals surface area contributed by atoms with E-state index in [4.69, 9.17) is 0 Å². The van der Waals surface area contributed by atoms with Crippen LogP contribution in [0.5, 0.6) is 0 Å². The predicted octanol–water partition coefficient (Wildman–Crippen LogP) is 2.58. The van der Waals surface area contributed by atoms with Crippen LogP contribution in [0.3, 0.4) is 0 Å². The standard InChI is InChI=1S/C12H10N4OS/c1-7-14-12(18-16-7)15-11(17)9-3-2-8-4-5-13-10(8)6-9/h2-6,13H,1H3,(H,14,15,16,17). The van der Waals surface area contributed by atoms with Crippen LogP contribution in [-0.4, -0.2) is 20.2 Å². The van der Waals surface area contributed by atoms with Gasteiger partial charge in [-0.3, -0.25) is 10.1 Å². The number of nitrogens with zero attached hydrogens (tertiary/aromatic N) is 2. The molecule has 0 aliphatic rings. The van der Waals surface area contributed by atoms with Crippen molar-refractivity contribution in [3.63, 3.8) is 0 Å². The molecule has 0 aliphatic heterocycles. The van der Waals surface area contributed by atoms with Gasteiger partial charge in [-0.2, -0.15) is 4.37 Å². The summed E-state index contributed by atoms with van der Waals surface area (Å²) in [5, 5.41) is 4.33. The highest BCUT2D eigenvalue weighted by molar-refractivity contribution is 7.09. The van der Waals surface area contributed by atoms with Crippen LogP contribution in [0.2, 0.25) is 0 Å². The number of aromatic amines is 1. The van der Waals surface area contributed by atoms with E-state index in [1.807, 2.05) is 24.4 Å². The van der Waals surface area contributed by atoms with Crippen molar-refractivity contribution in [2.24, 2.45) is 0 Å². The second-order valence-electron chi connectivity index (χ2n) is 3.88. The Kier molecular flexibility index (Phi) is 2.56. The number of carbonyl (C=O) groups is 1. The molecule has 2 aromatic heterocycles. The minimum atomic E-state index is -0.178. The highest BCUT2D eigenvalue weighted by Crippen LogP contribution is 2.16. The van der Waals surface area contributed by atoms with Crippen molar-refractivity contribution in [1.82, 2.24) is 14.3 Å². The number of hydrogen-bond acceptors (Lipinski definition) is 4. The number of anilines is 1. The Labute approximate surface area is 107 Å². The fourth-order valence-electron chi connectivity index (χ4n) is 1.71. The molecule has 1 aromatic carbocycles. The van der Waals surface area contributed by atoms with E-state index in [2.05, 4.69) is 19.7 Å². The van der Waals surface area contributed by atoms with E-state index in [1.165, 1.54) is 11.5 Å². The second kappa shape index (κ2) is 4.23. The highest BCUT2D eigenvalue weighted by atomic mass is 32.1. The first-order valence-corrected chi connectivity index (χ1v) is 6.18. The Morgan fingerprint density at radius 1 is 1.39 bits per heavy atom. The number of aromatic nitrogens is 3. The maximum Gasteiger partial charge on any atom is 0.257 e. The van der Waals surface area contributed by atoms with Gasteiger partial charge >= 0.3 is 0 Å². The smallest absolute Gasteiger partial charge is 0.257 e. The van der Waals surface area contributed by atoms with E-state index in [0.29, 0.717) is 16.5 Å². The molecule has 0 saturated heterocycles. The quantitative estimate of drug-likeness (QED) is 0.742. The molecule has 6 heteroatoms. The highest BCUT2D eigenvalue weighted by Gasteiger charge is 2.09. The third-order valence-electron chi connectivity index (χ3n) is 2.57. The molecular weight excluding hydrogens is 248 g/mol. The van der Waals surface area contributed by atoms with Crippen LogP contribution in [0.4, 0.5) is 5.13 Å². The summed E-state index contributed by atoms with van der Waals surface area (Å²) in [7, 11) is 0. The number of rotatable bonds is 2. The molecule has 0 atom stereocenters.